The number of nitrogens with zero attached hydrogens (tertiary/aromatic N) is 1. The molecule has 1 aliphatic rings. The number of carbonyl (C=O) groups excluding carboxylic acids is 1. The van der Waals surface area contributed by atoms with Crippen molar-refractivity contribution in [2.24, 2.45) is 0 Å². The molecule has 0 spiro atoms. The van der Waals surface area contributed by atoms with Crippen LogP contribution < -0.4 is 5.32 Å². The van der Waals surface area contributed by atoms with E-state index < -0.39 is 12.0 Å². The fourth-order valence-electron chi connectivity index (χ4n) is 1.80. The molecule has 1 amide bonds. The first-order valence-electron chi connectivity index (χ1n) is 6.30. The summed E-state index contributed by atoms with van der Waals surface area (Å²) in [4.78, 5) is 24.4. The molecule has 116 valence electrons. The fraction of sp³-hybridized carbons (Fsp3) is 0.462. The lowest BCUT2D eigenvalue weighted by molar-refractivity contribution is -0.140. The molecule has 1 saturated heterocycles. The van der Waals surface area contributed by atoms with Gasteiger partial charge < -0.3 is 25.7 Å². The number of amides is 1. The highest BCUT2D eigenvalue weighted by atomic mass is 16.4. The number of nitrogens with one attached hydrogen (secondary N) is 1. The average molecular weight is 298 g/mol. The van der Waals surface area contributed by atoms with E-state index in [0.717, 1.165) is 0 Å². The Bertz CT molecular complexity index is 532. The van der Waals surface area contributed by atoms with Crippen LogP contribution in [0.4, 0.5) is 0 Å². The van der Waals surface area contributed by atoms with Crippen LogP contribution >= 0.6 is 0 Å². The Balaban J connectivity index is 0.000000219. The van der Waals surface area contributed by atoms with Gasteiger partial charge in [-0.2, -0.15) is 0 Å². The van der Waals surface area contributed by atoms with E-state index in [0.29, 0.717) is 29.7 Å². The summed E-state index contributed by atoms with van der Waals surface area (Å²) in [6.07, 6.45) is 2.21. The summed E-state index contributed by atoms with van der Waals surface area (Å²) < 4.78 is 0. The summed E-state index contributed by atoms with van der Waals surface area (Å²) in [6.45, 7) is 1.12. The van der Waals surface area contributed by atoms with Gasteiger partial charge in [0.25, 0.3) is 0 Å². The smallest absolute Gasteiger partial charge is 0.326 e. The van der Waals surface area contributed by atoms with Gasteiger partial charge in [0, 0.05) is 23.7 Å². The number of rotatable bonds is 3. The number of carboxylic acids is 1. The molecule has 1 fully saturated rings. The molecule has 1 atom stereocenters. The van der Waals surface area contributed by atoms with Gasteiger partial charge in [0.05, 0.1) is 18.9 Å². The van der Waals surface area contributed by atoms with Crippen LogP contribution in [-0.2, 0) is 22.8 Å². The third-order valence-corrected chi connectivity index (χ3v) is 3.05. The van der Waals surface area contributed by atoms with E-state index in [1.165, 1.54) is 6.20 Å². The summed E-state index contributed by atoms with van der Waals surface area (Å²) >= 11 is 0. The van der Waals surface area contributed by atoms with Crippen molar-refractivity contribution in [1.29, 1.82) is 0 Å². The lowest BCUT2D eigenvalue weighted by Gasteiger charge is -2.07. The Labute approximate surface area is 121 Å². The van der Waals surface area contributed by atoms with Crippen LogP contribution in [0.15, 0.2) is 6.20 Å². The van der Waals surface area contributed by atoms with Crippen molar-refractivity contribution in [3.63, 3.8) is 0 Å². The Morgan fingerprint density at radius 3 is 2.48 bits per heavy atom. The zero-order valence-corrected chi connectivity index (χ0v) is 11.5. The molecule has 2 heterocycles. The molecule has 0 radical (unpaired) electrons. The van der Waals surface area contributed by atoms with Crippen LogP contribution in [0.3, 0.4) is 0 Å². The largest absolute Gasteiger partial charge is 0.506 e. The minimum Gasteiger partial charge on any atom is -0.506 e. The zero-order chi connectivity index (χ0) is 16.0. The van der Waals surface area contributed by atoms with Gasteiger partial charge in [-0.05, 0) is 13.3 Å². The van der Waals surface area contributed by atoms with Crippen LogP contribution in [0.5, 0.6) is 5.75 Å². The maximum Gasteiger partial charge on any atom is 0.326 e. The molecule has 1 aromatic rings. The van der Waals surface area contributed by atoms with E-state index in [4.69, 9.17) is 15.3 Å². The molecular formula is C13H18N2O6. The van der Waals surface area contributed by atoms with Crippen molar-refractivity contribution in [2.45, 2.75) is 39.0 Å². The maximum atomic E-state index is 10.4. The van der Waals surface area contributed by atoms with Crippen LogP contribution in [0, 0.1) is 6.92 Å². The number of aliphatic hydroxyl groups excluding tert-OH is 2. The van der Waals surface area contributed by atoms with Gasteiger partial charge in [-0.1, -0.05) is 0 Å². The first-order chi connectivity index (χ1) is 9.90. The highest BCUT2D eigenvalue weighted by molar-refractivity contribution is 5.87. The SMILES string of the molecule is Cc1ncc(CO)c(CO)c1O.O=C1CCC(C(=O)O)N1. The first-order valence-corrected chi connectivity index (χ1v) is 6.30. The van der Waals surface area contributed by atoms with Crippen molar-refractivity contribution in [3.8, 4) is 5.75 Å². The Kier molecular flexibility index (Phi) is 6.07. The standard InChI is InChI=1S/C8H11NO3.C5H7NO3/c1-5-8(12)7(4-11)6(3-10)2-9-5;7-4-2-1-3(6-4)5(8)9/h2,10-12H,3-4H2,1H3;3H,1-2H2,(H,6,7)(H,8,9). The number of hydrogen-bond donors (Lipinski definition) is 5. The lowest BCUT2D eigenvalue weighted by Crippen LogP contribution is -2.32. The number of aromatic hydroxyl groups is 1. The number of aliphatic hydroxyl groups is 2. The zero-order valence-electron chi connectivity index (χ0n) is 11.5. The highest BCUT2D eigenvalue weighted by Crippen LogP contribution is 2.23. The number of aryl methyl sites for hydroxylation is 1. The second kappa shape index (κ2) is 7.55. The first kappa shape index (κ1) is 16.9. The highest BCUT2D eigenvalue weighted by Gasteiger charge is 2.26. The van der Waals surface area contributed by atoms with Crippen molar-refractivity contribution >= 4 is 11.9 Å². The molecule has 2 rings (SSSR count). The topological polar surface area (TPSA) is 140 Å². The maximum absolute atomic E-state index is 10.4. The van der Waals surface area contributed by atoms with E-state index in [-0.39, 0.29) is 24.9 Å². The number of carbonyl (C=O) groups is 2. The molecule has 0 aromatic carbocycles. The predicted molar refractivity (Wildman–Crippen MR) is 71.3 cm³/mol. The molecule has 8 nitrogen and oxygen atoms in total. The van der Waals surface area contributed by atoms with Gasteiger partial charge in [0.15, 0.2) is 0 Å². The van der Waals surface area contributed by atoms with Crippen molar-refractivity contribution in [1.82, 2.24) is 10.3 Å². The molecule has 1 aliphatic heterocycles. The van der Waals surface area contributed by atoms with E-state index in [1.807, 2.05) is 0 Å². The minimum atomic E-state index is -0.944. The second-order valence-electron chi connectivity index (χ2n) is 4.51. The van der Waals surface area contributed by atoms with Gasteiger partial charge in [-0.15, -0.1) is 0 Å². The van der Waals surface area contributed by atoms with Gasteiger partial charge in [0.1, 0.15) is 11.8 Å². The summed E-state index contributed by atoms with van der Waals surface area (Å²) in [5, 5.41) is 37.7. The summed E-state index contributed by atoms with van der Waals surface area (Å²) in [5.41, 5.74) is 1.27. The van der Waals surface area contributed by atoms with Crippen molar-refractivity contribution in [2.75, 3.05) is 0 Å². The number of aliphatic carboxylic acids is 1. The van der Waals surface area contributed by atoms with Crippen molar-refractivity contribution < 1.29 is 30.0 Å². The monoisotopic (exact) mass is 298 g/mol. The van der Waals surface area contributed by atoms with Crippen LogP contribution in [0.1, 0.15) is 29.7 Å². The van der Waals surface area contributed by atoms with Crippen molar-refractivity contribution in [3.05, 3.63) is 23.0 Å². The van der Waals surface area contributed by atoms with E-state index in [2.05, 4.69) is 10.3 Å². The molecule has 0 aliphatic carbocycles. The summed E-state index contributed by atoms with van der Waals surface area (Å²) in [5.74, 6) is -1.15. The molecule has 0 bridgehead atoms. The van der Waals surface area contributed by atoms with Crippen LogP contribution in [0.25, 0.3) is 0 Å². The molecule has 5 N–H and O–H groups in total. The third-order valence-electron chi connectivity index (χ3n) is 3.05. The van der Waals surface area contributed by atoms with E-state index >= 15 is 0 Å². The quantitative estimate of drug-likeness (QED) is 0.503. The Morgan fingerprint density at radius 2 is 2.10 bits per heavy atom. The number of aromatic nitrogens is 1. The average Bonchev–Trinajstić information content (AvgIpc) is 2.89. The minimum absolute atomic E-state index is 0.0379. The third kappa shape index (κ3) is 4.40. The number of hydrogen-bond acceptors (Lipinski definition) is 6. The fourth-order valence-corrected chi connectivity index (χ4v) is 1.80. The molecule has 0 saturated carbocycles. The molecule has 1 unspecified atom stereocenters. The van der Waals surface area contributed by atoms with Gasteiger partial charge in [0.2, 0.25) is 5.91 Å². The predicted octanol–water partition coefficient (Wildman–Crippen LogP) is -0.570. The lowest BCUT2D eigenvalue weighted by atomic mass is 10.1. The Hall–Kier alpha value is -2.19. The Morgan fingerprint density at radius 1 is 1.43 bits per heavy atom. The summed E-state index contributed by atoms with van der Waals surface area (Å²) in [6, 6.07) is -0.641. The van der Waals surface area contributed by atoms with E-state index in [1.54, 1.807) is 6.92 Å². The number of carboxylic acid groups (broad SMARTS) is 1. The summed E-state index contributed by atoms with van der Waals surface area (Å²) in [7, 11) is 0. The second-order valence-corrected chi connectivity index (χ2v) is 4.51. The normalized spacial score (nSPS) is 16.9. The molecular weight excluding hydrogens is 280 g/mol. The number of pyridine rings is 1. The molecule has 8 heteroatoms. The van der Waals surface area contributed by atoms with Crippen LogP contribution in [0.2, 0.25) is 0 Å². The molecule has 21 heavy (non-hydrogen) atoms. The van der Waals surface area contributed by atoms with Gasteiger partial charge in [-0.3, -0.25) is 9.78 Å². The van der Waals surface area contributed by atoms with E-state index in [9.17, 15) is 14.7 Å². The molecule has 1 aromatic heterocycles. The van der Waals surface area contributed by atoms with Crippen LogP contribution in [-0.4, -0.2) is 43.3 Å². The van der Waals surface area contributed by atoms with Gasteiger partial charge >= 0.3 is 5.97 Å². The van der Waals surface area contributed by atoms with Gasteiger partial charge in [-0.25, -0.2) is 4.79 Å².